The molecule has 0 aliphatic rings. The fourth-order valence-corrected chi connectivity index (χ4v) is 2.90. The second-order valence-electron chi connectivity index (χ2n) is 5.87. The van der Waals surface area contributed by atoms with Crippen molar-refractivity contribution in [2.24, 2.45) is 0 Å². The zero-order valence-electron chi connectivity index (χ0n) is 15.5. The van der Waals surface area contributed by atoms with Gasteiger partial charge in [0, 0.05) is 17.9 Å². The van der Waals surface area contributed by atoms with Crippen LogP contribution in [-0.4, -0.2) is 37.6 Å². The van der Waals surface area contributed by atoms with Crippen molar-refractivity contribution < 1.29 is 9.53 Å². The Morgan fingerprint density at radius 3 is 2.54 bits per heavy atom. The molecule has 0 aliphatic heterocycles. The Morgan fingerprint density at radius 2 is 1.88 bits per heavy atom. The molecule has 0 saturated heterocycles. The standard InChI is InChI=1S/C20H26ClN3O2/c1-4-24(5-2)14-15-8-6-7-9-18(15)22-13-20(25)23-16-10-11-19(26-3)17(21)12-16/h6-12,22H,4-5,13-14H2,1-3H3,(H,23,25). The van der Waals surface area contributed by atoms with Crippen molar-refractivity contribution in [1.29, 1.82) is 0 Å². The first kappa shape index (κ1) is 20.1. The quantitative estimate of drug-likeness (QED) is 0.688. The first-order chi connectivity index (χ1) is 12.6. The summed E-state index contributed by atoms with van der Waals surface area (Å²) in [5.41, 5.74) is 2.79. The summed E-state index contributed by atoms with van der Waals surface area (Å²) in [5.74, 6) is 0.442. The molecule has 0 radical (unpaired) electrons. The molecule has 0 unspecified atom stereocenters. The molecule has 0 atom stereocenters. The molecule has 0 saturated carbocycles. The van der Waals surface area contributed by atoms with Crippen molar-refractivity contribution in [1.82, 2.24) is 4.90 Å². The van der Waals surface area contributed by atoms with Crippen LogP contribution in [-0.2, 0) is 11.3 Å². The average molecular weight is 376 g/mol. The fraction of sp³-hybridized carbons (Fsp3) is 0.350. The molecule has 0 spiro atoms. The topological polar surface area (TPSA) is 53.6 Å². The molecule has 2 aromatic carbocycles. The molecule has 140 valence electrons. The van der Waals surface area contributed by atoms with Crippen molar-refractivity contribution in [3.8, 4) is 5.75 Å². The number of nitrogens with one attached hydrogen (secondary N) is 2. The number of hydrogen-bond donors (Lipinski definition) is 2. The Labute approximate surface area is 160 Å². The number of methoxy groups -OCH3 is 1. The third kappa shape index (κ3) is 5.64. The smallest absolute Gasteiger partial charge is 0.243 e. The first-order valence-corrected chi connectivity index (χ1v) is 9.12. The van der Waals surface area contributed by atoms with E-state index in [0.29, 0.717) is 16.5 Å². The van der Waals surface area contributed by atoms with Gasteiger partial charge in [0.15, 0.2) is 0 Å². The van der Waals surface area contributed by atoms with Gasteiger partial charge in [-0.25, -0.2) is 0 Å². The van der Waals surface area contributed by atoms with Gasteiger partial charge in [-0.15, -0.1) is 0 Å². The predicted molar refractivity (Wildman–Crippen MR) is 108 cm³/mol. The average Bonchev–Trinajstić information content (AvgIpc) is 2.65. The highest BCUT2D eigenvalue weighted by molar-refractivity contribution is 6.32. The lowest BCUT2D eigenvalue weighted by atomic mass is 10.1. The molecule has 2 rings (SSSR count). The third-order valence-corrected chi connectivity index (χ3v) is 4.48. The summed E-state index contributed by atoms with van der Waals surface area (Å²) >= 11 is 6.09. The van der Waals surface area contributed by atoms with Crippen LogP contribution in [0.15, 0.2) is 42.5 Å². The molecule has 2 aromatic rings. The number of rotatable bonds is 9. The van der Waals surface area contributed by atoms with Crippen LogP contribution in [0.25, 0.3) is 0 Å². The highest BCUT2D eigenvalue weighted by atomic mass is 35.5. The number of halogens is 1. The Hall–Kier alpha value is -2.24. The maximum Gasteiger partial charge on any atom is 0.243 e. The normalized spacial score (nSPS) is 10.7. The SMILES string of the molecule is CCN(CC)Cc1ccccc1NCC(=O)Nc1ccc(OC)c(Cl)c1. The van der Waals surface area contributed by atoms with E-state index in [9.17, 15) is 4.79 Å². The Morgan fingerprint density at radius 1 is 1.15 bits per heavy atom. The first-order valence-electron chi connectivity index (χ1n) is 8.74. The molecule has 1 amide bonds. The molecule has 0 aliphatic carbocycles. The van der Waals surface area contributed by atoms with Gasteiger partial charge in [-0.2, -0.15) is 0 Å². The number of anilines is 2. The van der Waals surface area contributed by atoms with Gasteiger partial charge in [0.2, 0.25) is 5.91 Å². The zero-order chi connectivity index (χ0) is 18.9. The van der Waals surface area contributed by atoms with E-state index in [2.05, 4.69) is 35.4 Å². The molecule has 0 aromatic heterocycles. The van der Waals surface area contributed by atoms with E-state index in [4.69, 9.17) is 16.3 Å². The van der Waals surface area contributed by atoms with E-state index in [1.165, 1.54) is 5.56 Å². The fourth-order valence-electron chi connectivity index (χ4n) is 2.64. The maximum atomic E-state index is 12.2. The van der Waals surface area contributed by atoms with Gasteiger partial charge < -0.3 is 15.4 Å². The van der Waals surface area contributed by atoms with Crippen molar-refractivity contribution in [2.75, 3.05) is 37.4 Å². The predicted octanol–water partition coefficient (Wildman–Crippen LogP) is 4.24. The lowest BCUT2D eigenvalue weighted by molar-refractivity contribution is -0.114. The van der Waals surface area contributed by atoms with Crippen LogP contribution >= 0.6 is 11.6 Å². The van der Waals surface area contributed by atoms with Crippen LogP contribution in [0.2, 0.25) is 5.02 Å². The second kappa shape index (κ2) is 10.0. The monoisotopic (exact) mass is 375 g/mol. The van der Waals surface area contributed by atoms with E-state index in [1.54, 1.807) is 25.3 Å². The molecule has 2 N–H and O–H groups in total. The number of carbonyl (C=O) groups excluding carboxylic acids is 1. The summed E-state index contributed by atoms with van der Waals surface area (Å²) in [6.07, 6.45) is 0. The molecule has 0 bridgehead atoms. The van der Waals surface area contributed by atoms with E-state index in [1.807, 2.05) is 18.2 Å². The summed E-state index contributed by atoms with van der Waals surface area (Å²) in [7, 11) is 1.55. The molecule has 0 heterocycles. The van der Waals surface area contributed by atoms with E-state index in [-0.39, 0.29) is 12.5 Å². The minimum atomic E-state index is -0.135. The van der Waals surface area contributed by atoms with E-state index in [0.717, 1.165) is 25.3 Å². The zero-order valence-corrected chi connectivity index (χ0v) is 16.3. The number of benzene rings is 2. The summed E-state index contributed by atoms with van der Waals surface area (Å²) in [6.45, 7) is 7.30. The summed E-state index contributed by atoms with van der Waals surface area (Å²) in [5, 5.41) is 6.52. The van der Waals surface area contributed by atoms with Crippen LogP contribution < -0.4 is 15.4 Å². The minimum absolute atomic E-state index is 0.135. The number of hydrogen-bond acceptors (Lipinski definition) is 4. The van der Waals surface area contributed by atoms with Gasteiger partial charge in [0.05, 0.1) is 18.7 Å². The van der Waals surface area contributed by atoms with Gasteiger partial charge in [-0.1, -0.05) is 43.6 Å². The van der Waals surface area contributed by atoms with Crippen LogP contribution in [0.4, 0.5) is 11.4 Å². The Balaban J connectivity index is 1.96. The van der Waals surface area contributed by atoms with Crippen molar-refractivity contribution >= 4 is 28.9 Å². The minimum Gasteiger partial charge on any atom is -0.495 e. The lowest BCUT2D eigenvalue weighted by Crippen LogP contribution is -2.25. The van der Waals surface area contributed by atoms with Crippen molar-refractivity contribution in [3.05, 3.63) is 53.1 Å². The highest BCUT2D eigenvalue weighted by Crippen LogP contribution is 2.27. The van der Waals surface area contributed by atoms with Crippen LogP contribution in [0.1, 0.15) is 19.4 Å². The molecular formula is C20H26ClN3O2. The van der Waals surface area contributed by atoms with Crippen molar-refractivity contribution in [2.45, 2.75) is 20.4 Å². The lowest BCUT2D eigenvalue weighted by Gasteiger charge is -2.20. The van der Waals surface area contributed by atoms with E-state index < -0.39 is 0 Å². The van der Waals surface area contributed by atoms with Gasteiger partial charge in [0.1, 0.15) is 5.75 Å². The Kier molecular flexibility index (Phi) is 7.75. The number of para-hydroxylation sites is 1. The summed E-state index contributed by atoms with van der Waals surface area (Å²) in [4.78, 5) is 14.6. The van der Waals surface area contributed by atoms with Crippen molar-refractivity contribution in [3.63, 3.8) is 0 Å². The molecule has 6 heteroatoms. The van der Waals surface area contributed by atoms with Gasteiger partial charge in [0.25, 0.3) is 0 Å². The molecular weight excluding hydrogens is 350 g/mol. The number of carbonyl (C=O) groups is 1. The summed E-state index contributed by atoms with van der Waals surface area (Å²) in [6, 6.07) is 13.2. The highest BCUT2D eigenvalue weighted by Gasteiger charge is 2.09. The van der Waals surface area contributed by atoms with Gasteiger partial charge >= 0.3 is 0 Å². The van der Waals surface area contributed by atoms with Crippen LogP contribution in [0, 0.1) is 0 Å². The number of amides is 1. The molecule has 5 nitrogen and oxygen atoms in total. The summed E-state index contributed by atoms with van der Waals surface area (Å²) < 4.78 is 5.11. The van der Waals surface area contributed by atoms with Crippen LogP contribution in [0.5, 0.6) is 5.75 Å². The third-order valence-electron chi connectivity index (χ3n) is 4.18. The van der Waals surface area contributed by atoms with Crippen LogP contribution in [0.3, 0.4) is 0 Å². The Bertz CT molecular complexity index is 733. The number of ether oxygens (including phenoxy) is 1. The van der Waals surface area contributed by atoms with E-state index >= 15 is 0 Å². The number of nitrogens with zero attached hydrogens (tertiary/aromatic N) is 1. The maximum absolute atomic E-state index is 12.2. The molecule has 26 heavy (non-hydrogen) atoms. The second-order valence-corrected chi connectivity index (χ2v) is 6.28. The van der Waals surface area contributed by atoms with Gasteiger partial charge in [-0.05, 0) is 42.9 Å². The van der Waals surface area contributed by atoms with Gasteiger partial charge in [-0.3, -0.25) is 9.69 Å². The largest absolute Gasteiger partial charge is 0.495 e. The molecule has 0 fully saturated rings.